The van der Waals surface area contributed by atoms with E-state index < -0.39 is 11.6 Å². The monoisotopic (exact) mass is 425 g/mol. The lowest BCUT2D eigenvalue weighted by Gasteiger charge is -2.11. The van der Waals surface area contributed by atoms with E-state index in [-0.39, 0.29) is 30.3 Å². The molecule has 0 aliphatic carbocycles. The zero-order valence-corrected chi connectivity index (χ0v) is 17.1. The van der Waals surface area contributed by atoms with Crippen molar-refractivity contribution in [1.82, 2.24) is 24.5 Å². The van der Waals surface area contributed by atoms with Crippen LogP contribution in [0.1, 0.15) is 19.7 Å². The predicted octanol–water partition coefficient (Wildman–Crippen LogP) is 3.11. The third-order valence-electron chi connectivity index (χ3n) is 4.78. The molecule has 0 fully saturated rings. The van der Waals surface area contributed by atoms with Crippen molar-refractivity contribution in [2.75, 3.05) is 6.61 Å². The van der Waals surface area contributed by atoms with Crippen molar-refractivity contribution in [2.24, 2.45) is 5.92 Å². The molecule has 0 bridgehead atoms. The zero-order chi connectivity index (χ0) is 22.1. The molecule has 0 amide bonds. The Balaban J connectivity index is 2.02. The van der Waals surface area contributed by atoms with Gasteiger partial charge in [-0.2, -0.15) is 10.2 Å². The van der Waals surface area contributed by atoms with Gasteiger partial charge in [0.1, 0.15) is 5.69 Å². The van der Waals surface area contributed by atoms with Crippen LogP contribution in [0, 0.1) is 17.6 Å². The first-order chi connectivity index (χ1) is 14.9. The van der Waals surface area contributed by atoms with Crippen molar-refractivity contribution in [1.29, 1.82) is 0 Å². The van der Waals surface area contributed by atoms with Gasteiger partial charge in [-0.25, -0.2) is 23.1 Å². The second-order valence-corrected chi connectivity index (χ2v) is 7.61. The highest BCUT2D eigenvalue weighted by molar-refractivity contribution is 5.92. The molecule has 2 heterocycles. The molecule has 0 atom stereocenters. The fraction of sp³-hybridized carbons (Fsp3) is 0.273. The predicted molar refractivity (Wildman–Crippen MR) is 112 cm³/mol. The van der Waals surface area contributed by atoms with E-state index in [2.05, 4.69) is 15.2 Å². The summed E-state index contributed by atoms with van der Waals surface area (Å²) in [7, 11) is 0. The van der Waals surface area contributed by atoms with Gasteiger partial charge in [-0.15, -0.1) is 0 Å². The van der Waals surface area contributed by atoms with E-state index in [0.29, 0.717) is 34.5 Å². The standard InChI is InChI=1S/C22H21F2N5O2/c1-13(2)11-19-25-21(29(26-19)14-7-8-17(23)18(24)12-14)20-15-5-3-4-6-16(15)22(31)28(27-20)9-10-30/h3-8,12-13,30H,9-11H2,1-2H3. The number of benzene rings is 2. The molecule has 160 valence electrons. The van der Waals surface area contributed by atoms with Crippen molar-refractivity contribution in [3.63, 3.8) is 0 Å². The molecule has 4 rings (SSSR count). The minimum Gasteiger partial charge on any atom is -0.394 e. The van der Waals surface area contributed by atoms with Crippen molar-refractivity contribution in [2.45, 2.75) is 26.8 Å². The van der Waals surface area contributed by atoms with Crippen molar-refractivity contribution in [3.05, 3.63) is 70.3 Å². The van der Waals surface area contributed by atoms with Crippen LogP contribution in [-0.4, -0.2) is 36.3 Å². The number of aromatic nitrogens is 5. The molecule has 31 heavy (non-hydrogen) atoms. The lowest BCUT2D eigenvalue weighted by molar-refractivity contribution is 0.267. The third-order valence-corrected chi connectivity index (χ3v) is 4.78. The fourth-order valence-corrected chi connectivity index (χ4v) is 3.40. The summed E-state index contributed by atoms with van der Waals surface area (Å²) in [6.45, 7) is 3.79. The summed E-state index contributed by atoms with van der Waals surface area (Å²) in [5, 5.41) is 19.3. The van der Waals surface area contributed by atoms with E-state index in [4.69, 9.17) is 0 Å². The van der Waals surface area contributed by atoms with Crippen molar-refractivity contribution >= 4 is 10.8 Å². The molecule has 9 heteroatoms. The Labute approximate surface area is 176 Å². The van der Waals surface area contributed by atoms with Crippen LogP contribution in [0.15, 0.2) is 47.3 Å². The molecule has 2 aromatic heterocycles. The number of hydrogen-bond donors (Lipinski definition) is 1. The Morgan fingerprint density at radius 2 is 1.77 bits per heavy atom. The lowest BCUT2D eigenvalue weighted by Crippen LogP contribution is -2.25. The molecule has 0 saturated heterocycles. The molecule has 2 aromatic carbocycles. The van der Waals surface area contributed by atoms with E-state index in [1.807, 2.05) is 13.8 Å². The Morgan fingerprint density at radius 1 is 1.03 bits per heavy atom. The minimum atomic E-state index is -1.01. The van der Waals surface area contributed by atoms with Gasteiger partial charge in [0.05, 0.1) is 24.2 Å². The van der Waals surface area contributed by atoms with Crippen LogP contribution < -0.4 is 5.56 Å². The first-order valence-corrected chi connectivity index (χ1v) is 9.91. The van der Waals surface area contributed by atoms with E-state index >= 15 is 0 Å². The number of nitrogens with zero attached hydrogens (tertiary/aromatic N) is 5. The number of hydrogen-bond acceptors (Lipinski definition) is 5. The SMILES string of the molecule is CC(C)Cc1nc(-c2nn(CCO)c(=O)c3ccccc23)n(-c2ccc(F)c(F)c2)n1. The van der Waals surface area contributed by atoms with Gasteiger partial charge in [0.2, 0.25) is 0 Å². The summed E-state index contributed by atoms with van der Waals surface area (Å²) in [5.41, 5.74) is 0.299. The van der Waals surface area contributed by atoms with Crippen LogP contribution in [0.4, 0.5) is 8.78 Å². The highest BCUT2D eigenvalue weighted by Gasteiger charge is 2.21. The molecule has 0 radical (unpaired) electrons. The smallest absolute Gasteiger partial charge is 0.274 e. The molecule has 7 nitrogen and oxygen atoms in total. The first kappa shape index (κ1) is 20.8. The topological polar surface area (TPSA) is 85.8 Å². The number of fused-ring (bicyclic) bond motifs is 1. The van der Waals surface area contributed by atoms with Crippen LogP contribution >= 0.6 is 0 Å². The maximum Gasteiger partial charge on any atom is 0.274 e. The average molecular weight is 425 g/mol. The van der Waals surface area contributed by atoms with Gasteiger partial charge in [0, 0.05) is 17.9 Å². The number of halogens is 2. The maximum absolute atomic E-state index is 14.0. The molecule has 0 saturated carbocycles. The highest BCUT2D eigenvalue weighted by Crippen LogP contribution is 2.27. The summed E-state index contributed by atoms with van der Waals surface area (Å²) < 4.78 is 30.0. The van der Waals surface area contributed by atoms with E-state index in [1.165, 1.54) is 15.4 Å². The van der Waals surface area contributed by atoms with E-state index in [9.17, 15) is 18.7 Å². The molecular weight excluding hydrogens is 404 g/mol. The van der Waals surface area contributed by atoms with E-state index in [1.54, 1.807) is 24.3 Å². The molecule has 1 N–H and O–H groups in total. The quantitative estimate of drug-likeness (QED) is 0.513. The maximum atomic E-state index is 14.0. The number of aliphatic hydroxyl groups excluding tert-OH is 1. The van der Waals surface area contributed by atoms with Gasteiger partial charge in [0.15, 0.2) is 23.3 Å². The summed E-state index contributed by atoms with van der Waals surface area (Å²) in [6, 6.07) is 10.4. The summed E-state index contributed by atoms with van der Waals surface area (Å²) in [6.07, 6.45) is 0.567. The molecule has 0 aliphatic heterocycles. The molecule has 4 aromatic rings. The molecule has 0 aliphatic rings. The second kappa shape index (κ2) is 8.35. The van der Waals surface area contributed by atoms with Crippen molar-refractivity contribution in [3.8, 4) is 17.2 Å². The van der Waals surface area contributed by atoms with Crippen LogP contribution in [0.2, 0.25) is 0 Å². The van der Waals surface area contributed by atoms with Gasteiger partial charge in [-0.05, 0) is 24.1 Å². The Morgan fingerprint density at radius 3 is 2.45 bits per heavy atom. The van der Waals surface area contributed by atoms with Gasteiger partial charge >= 0.3 is 0 Å². The molecule has 0 spiro atoms. The Kier molecular flexibility index (Phi) is 5.60. The number of rotatable bonds is 6. The van der Waals surface area contributed by atoms with Crippen LogP contribution in [0.3, 0.4) is 0 Å². The largest absolute Gasteiger partial charge is 0.394 e. The van der Waals surface area contributed by atoms with Crippen LogP contribution in [0.25, 0.3) is 28.0 Å². The van der Waals surface area contributed by atoms with Crippen LogP contribution in [0.5, 0.6) is 0 Å². The zero-order valence-electron chi connectivity index (χ0n) is 17.1. The molecule has 0 unspecified atom stereocenters. The normalized spacial score (nSPS) is 11.5. The summed E-state index contributed by atoms with van der Waals surface area (Å²) >= 11 is 0. The third kappa shape index (κ3) is 3.96. The Hall–Kier alpha value is -3.46. The minimum absolute atomic E-state index is 0.00876. The first-order valence-electron chi connectivity index (χ1n) is 9.91. The number of aliphatic hydroxyl groups is 1. The molecular formula is C22H21F2N5O2. The Bertz CT molecular complexity index is 1310. The highest BCUT2D eigenvalue weighted by atomic mass is 19.2. The average Bonchev–Trinajstić information content (AvgIpc) is 3.15. The fourth-order valence-electron chi connectivity index (χ4n) is 3.40. The van der Waals surface area contributed by atoms with E-state index in [0.717, 1.165) is 12.1 Å². The second-order valence-electron chi connectivity index (χ2n) is 7.61. The van der Waals surface area contributed by atoms with Crippen molar-refractivity contribution < 1.29 is 13.9 Å². The lowest BCUT2D eigenvalue weighted by atomic mass is 10.1. The van der Waals surface area contributed by atoms with Gasteiger partial charge in [0.25, 0.3) is 5.56 Å². The van der Waals surface area contributed by atoms with Gasteiger partial charge in [-0.3, -0.25) is 4.79 Å². The summed E-state index contributed by atoms with van der Waals surface area (Å²) in [5.74, 6) is -0.896. The van der Waals surface area contributed by atoms with Gasteiger partial charge < -0.3 is 5.11 Å². The van der Waals surface area contributed by atoms with Crippen LogP contribution in [-0.2, 0) is 13.0 Å². The summed E-state index contributed by atoms with van der Waals surface area (Å²) in [4.78, 5) is 17.4. The van der Waals surface area contributed by atoms with Gasteiger partial charge in [-0.1, -0.05) is 32.0 Å².